The molecule has 1 aromatic heterocycles. The molecule has 8 heteroatoms. The maximum Gasteiger partial charge on any atom is 0.270 e. The summed E-state index contributed by atoms with van der Waals surface area (Å²) in [7, 11) is 0. The zero-order valence-electron chi connectivity index (χ0n) is 13.4. The molecule has 0 amide bonds. The van der Waals surface area contributed by atoms with Gasteiger partial charge in [-0.25, -0.2) is 0 Å². The number of hydrogen-bond donors (Lipinski definition) is 1. The van der Waals surface area contributed by atoms with Gasteiger partial charge in [0, 0.05) is 33.3 Å². The first-order valence-electron chi connectivity index (χ1n) is 7.58. The SMILES string of the molecule is O=[N+]([O-])c1cccc(-c2ccc(/C=N\NCc3c(Cl)cccc3Cl)o2)c1. The summed E-state index contributed by atoms with van der Waals surface area (Å²) in [5.41, 5.74) is 4.24. The summed E-state index contributed by atoms with van der Waals surface area (Å²) in [6.07, 6.45) is 1.51. The lowest BCUT2D eigenvalue weighted by Crippen LogP contribution is -2.06. The van der Waals surface area contributed by atoms with Crippen LogP contribution >= 0.6 is 23.2 Å². The lowest BCUT2D eigenvalue weighted by molar-refractivity contribution is -0.384. The Hall–Kier alpha value is -2.83. The Kier molecular flexibility index (Phi) is 5.55. The molecule has 0 unspecified atom stereocenters. The number of halogens is 2. The van der Waals surface area contributed by atoms with Crippen molar-refractivity contribution in [2.45, 2.75) is 6.54 Å². The highest BCUT2D eigenvalue weighted by atomic mass is 35.5. The summed E-state index contributed by atoms with van der Waals surface area (Å²) >= 11 is 12.2. The fourth-order valence-corrected chi connectivity index (χ4v) is 2.82. The monoisotopic (exact) mass is 389 g/mol. The number of nitro groups is 1. The third-order valence-electron chi connectivity index (χ3n) is 3.57. The summed E-state index contributed by atoms with van der Waals surface area (Å²) in [5.74, 6) is 1.02. The van der Waals surface area contributed by atoms with Gasteiger partial charge in [0.05, 0.1) is 17.7 Å². The van der Waals surface area contributed by atoms with Gasteiger partial charge in [-0.3, -0.25) is 10.1 Å². The van der Waals surface area contributed by atoms with Crippen molar-refractivity contribution in [2.24, 2.45) is 5.10 Å². The quantitative estimate of drug-likeness (QED) is 0.353. The van der Waals surface area contributed by atoms with E-state index in [4.69, 9.17) is 27.6 Å². The van der Waals surface area contributed by atoms with Crippen molar-refractivity contribution in [2.75, 3.05) is 0 Å². The summed E-state index contributed by atoms with van der Waals surface area (Å²) in [4.78, 5) is 10.4. The Morgan fingerprint density at radius 1 is 1.12 bits per heavy atom. The summed E-state index contributed by atoms with van der Waals surface area (Å²) in [6, 6.07) is 15.0. The van der Waals surface area contributed by atoms with E-state index in [9.17, 15) is 10.1 Å². The van der Waals surface area contributed by atoms with Gasteiger partial charge in [0.2, 0.25) is 0 Å². The molecule has 0 bridgehead atoms. The van der Waals surface area contributed by atoms with Crippen molar-refractivity contribution in [3.05, 3.63) is 86.1 Å². The Morgan fingerprint density at radius 2 is 1.85 bits per heavy atom. The Bertz CT molecular complexity index is 950. The van der Waals surface area contributed by atoms with E-state index in [1.807, 2.05) is 0 Å². The summed E-state index contributed by atoms with van der Waals surface area (Å²) in [6.45, 7) is 0.369. The van der Waals surface area contributed by atoms with Crippen LogP contribution in [0.4, 0.5) is 5.69 Å². The van der Waals surface area contributed by atoms with Gasteiger partial charge in [0.25, 0.3) is 5.69 Å². The van der Waals surface area contributed by atoms with E-state index < -0.39 is 4.92 Å². The molecular weight excluding hydrogens is 377 g/mol. The van der Waals surface area contributed by atoms with Crippen LogP contribution in [0.1, 0.15) is 11.3 Å². The number of nitro benzene ring substituents is 1. The average molecular weight is 390 g/mol. The third kappa shape index (κ3) is 4.22. The molecule has 6 nitrogen and oxygen atoms in total. The van der Waals surface area contributed by atoms with Crippen LogP contribution in [0.15, 0.2) is 64.1 Å². The average Bonchev–Trinajstić information content (AvgIpc) is 3.10. The molecule has 0 radical (unpaired) electrons. The molecule has 0 atom stereocenters. The second kappa shape index (κ2) is 8.03. The van der Waals surface area contributed by atoms with Gasteiger partial charge in [-0.1, -0.05) is 41.4 Å². The van der Waals surface area contributed by atoms with Crippen LogP contribution in [0.3, 0.4) is 0 Å². The van der Waals surface area contributed by atoms with E-state index in [2.05, 4.69) is 10.5 Å². The van der Waals surface area contributed by atoms with Gasteiger partial charge in [-0.05, 0) is 24.3 Å². The van der Waals surface area contributed by atoms with Crippen molar-refractivity contribution in [3.8, 4) is 11.3 Å². The van der Waals surface area contributed by atoms with Crippen molar-refractivity contribution < 1.29 is 9.34 Å². The zero-order valence-corrected chi connectivity index (χ0v) is 14.9. The predicted octanol–water partition coefficient (Wildman–Crippen LogP) is 5.29. The normalized spacial score (nSPS) is 11.0. The maximum atomic E-state index is 10.9. The molecule has 132 valence electrons. The molecule has 26 heavy (non-hydrogen) atoms. The topological polar surface area (TPSA) is 80.7 Å². The molecule has 0 saturated heterocycles. The highest BCUT2D eigenvalue weighted by molar-refractivity contribution is 6.35. The molecule has 0 saturated carbocycles. The molecular formula is C18H13Cl2N3O3. The molecule has 1 heterocycles. The number of non-ortho nitro benzene ring substituents is 1. The van der Waals surface area contributed by atoms with Crippen LogP contribution in [-0.2, 0) is 6.54 Å². The first kappa shape index (κ1) is 18.0. The standard InChI is InChI=1S/C18H13Cl2N3O3/c19-16-5-2-6-17(20)15(16)11-22-21-10-14-7-8-18(26-14)12-3-1-4-13(9-12)23(24)25/h1-10,22H,11H2/b21-10-. The van der Waals surface area contributed by atoms with Gasteiger partial charge in [-0.15, -0.1) is 0 Å². The molecule has 3 aromatic rings. The van der Waals surface area contributed by atoms with E-state index in [0.717, 1.165) is 5.56 Å². The number of hydrogen-bond acceptors (Lipinski definition) is 5. The van der Waals surface area contributed by atoms with E-state index in [-0.39, 0.29) is 5.69 Å². The maximum absolute atomic E-state index is 10.9. The van der Waals surface area contributed by atoms with E-state index in [1.54, 1.807) is 42.5 Å². The third-order valence-corrected chi connectivity index (χ3v) is 4.28. The van der Waals surface area contributed by atoms with Gasteiger partial charge in [0.1, 0.15) is 11.5 Å². The van der Waals surface area contributed by atoms with Crippen LogP contribution < -0.4 is 5.43 Å². The van der Waals surface area contributed by atoms with Crippen molar-refractivity contribution in [1.82, 2.24) is 5.43 Å². The summed E-state index contributed by atoms with van der Waals surface area (Å²) in [5, 5.41) is 16.1. The van der Waals surface area contributed by atoms with Crippen molar-refractivity contribution >= 4 is 35.1 Å². The molecule has 0 fully saturated rings. The number of nitrogens with one attached hydrogen (secondary N) is 1. The summed E-state index contributed by atoms with van der Waals surface area (Å²) < 4.78 is 5.64. The van der Waals surface area contributed by atoms with Crippen molar-refractivity contribution in [3.63, 3.8) is 0 Å². The highest BCUT2D eigenvalue weighted by Crippen LogP contribution is 2.25. The van der Waals surface area contributed by atoms with Crippen LogP contribution in [0.2, 0.25) is 10.0 Å². The number of nitrogens with zero attached hydrogens (tertiary/aromatic N) is 2. The zero-order chi connectivity index (χ0) is 18.5. The minimum absolute atomic E-state index is 0.00685. The molecule has 2 aromatic carbocycles. The number of hydrazone groups is 1. The predicted molar refractivity (Wildman–Crippen MR) is 102 cm³/mol. The second-order valence-corrected chi connectivity index (χ2v) is 6.12. The highest BCUT2D eigenvalue weighted by Gasteiger charge is 2.10. The lowest BCUT2D eigenvalue weighted by Gasteiger charge is -2.05. The van der Waals surface area contributed by atoms with Crippen LogP contribution in [0.25, 0.3) is 11.3 Å². The van der Waals surface area contributed by atoms with Crippen LogP contribution in [0.5, 0.6) is 0 Å². The lowest BCUT2D eigenvalue weighted by atomic mass is 10.1. The van der Waals surface area contributed by atoms with Gasteiger partial charge >= 0.3 is 0 Å². The minimum Gasteiger partial charge on any atom is -0.455 e. The molecule has 0 aliphatic heterocycles. The second-order valence-electron chi connectivity index (χ2n) is 5.30. The fraction of sp³-hybridized carbons (Fsp3) is 0.0556. The molecule has 0 aliphatic rings. The first-order valence-corrected chi connectivity index (χ1v) is 8.33. The minimum atomic E-state index is -0.446. The number of rotatable bonds is 6. The van der Waals surface area contributed by atoms with Gasteiger partial charge < -0.3 is 9.84 Å². The van der Waals surface area contributed by atoms with Crippen LogP contribution in [0, 0.1) is 10.1 Å². The van der Waals surface area contributed by atoms with E-state index >= 15 is 0 Å². The number of benzene rings is 2. The molecule has 0 aliphatic carbocycles. The molecule has 0 spiro atoms. The first-order chi connectivity index (χ1) is 12.5. The van der Waals surface area contributed by atoms with Crippen molar-refractivity contribution in [1.29, 1.82) is 0 Å². The largest absolute Gasteiger partial charge is 0.455 e. The Morgan fingerprint density at radius 3 is 2.58 bits per heavy atom. The smallest absolute Gasteiger partial charge is 0.270 e. The van der Waals surface area contributed by atoms with E-state index in [1.165, 1.54) is 18.3 Å². The number of furan rings is 1. The molecule has 1 N–H and O–H groups in total. The molecule has 3 rings (SSSR count). The van der Waals surface area contributed by atoms with Gasteiger partial charge in [-0.2, -0.15) is 5.10 Å². The Balaban J connectivity index is 1.66. The van der Waals surface area contributed by atoms with E-state index in [0.29, 0.717) is 33.7 Å². The van der Waals surface area contributed by atoms with Crippen LogP contribution in [-0.4, -0.2) is 11.1 Å². The Labute approximate surface area is 159 Å². The van der Waals surface area contributed by atoms with Gasteiger partial charge in [0.15, 0.2) is 0 Å². The fourth-order valence-electron chi connectivity index (χ4n) is 2.29.